The monoisotopic (exact) mass is 185 g/mol. The van der Waals surface area contributed by atoms with Gasteiger partial charge in [-0.15, -0.1) is 0 Å². The van der Waals surface area contributed by atoms with Gasteiger partial charge in [-0.25, -0.2) is 5.48 Å². The summed E-state index contributed by atoms with van der Waals surface area (Å²) >= 11 is 0. The number of rotatable bonds is 5. The Bertz CT molecular complexity index is 185. The van der Waals surface area contributed by atoms with Gasteiger partial charge >= 0.3 is 0 Å². The lowest BCUT2D eigenvalue weighted by Gasteiger charge is -2.22. The Kier molecular flexibility index (Phi) is 5.39. The molecule has 0 atom stereocenters. The fraction of sp³-hybridized carbons (Fsp3) is 0.700. The van der Waals surface area contributed by atoms with E-state index in [9.17, 15) is 4.79 Å². The van der Waals surface area contributed by atoms with Crippen LogP contribution in [0.5, 0.6) is 0 Å². The highest BCUT2D eigenvalue weighted by atomic mass is 16.5. The van der Waals surface area contributed by atoms with Crippen LogP contribution in [0.2, 0.25) is 0 Å². The molecule has 0 unspecified atom stereocenters. The lowest BCUT2D eigenvalue weighted by molar-refractivity contribution is -0.131. The van der Waals surface area contributed by atoms with E-state index in [0.717, 1.165) is 12.8 Å². The summed E-state index contributed by atoms with van der Waals surface area (Å²) in [4.78, 5) is 10.9. The van der Waals surface area contributed by atoms with Crippen molar-refractivity contribution in [1.82, 2.24) is 5.48 Å². The third-order valence-corrected chi connectivity index (χ3v) is 1.99. The molecule has 0 saturated heterocycles. The second kappa shape index (κ2) is 5.75. The van der Waals surface area contributed by atoms with Crippen LogP contribution >= 0.6 is 0 Å². The zero-order valence-corrected chi connectivity index (χ0v) is 8.63. The molecule has 0 aliphatic rings. The fourth-order valence-electron chi connectivity index (χ4n) is 1.20. The molecule has 0 aliphatic heterocycles. The predicted molar refractivity (Wildman–Crippen MR) is 52.4 cm³/mol. The summed E-state index contributed by atoms with van der Waals surface area (Å²) in [6, 6.07) is 0. The Morgan fingerprint density at radius 2 is 2.15 bits per heavy atom. The highest BCUT2D eigenvalue weighted by molar-refractivity contribution is 5.75. The van der Waals surface area contributed by atoms with Gasteiger partial charge in [0.15, 0.2) is 0 Å². The maximum atomic E-state index is 10.9. The summed E-state index contributed by atoms with van der Waals surface area (Å²) in [5, 5.41) is 8.36. The van der Waals surface area contributed by atoms with Gasteiger partial charge in [-0.3, -0.25) is 10.0 Å². The molecule has 0 spiro atoms. The van der Waals surface area contributed by atoms with E-state index < -0.39 is 0 Å². The zero-order valence-electron chi connectivity index (χ0n) is 8.63. The third kappa shape index (κ3) is 6.34. The number of allylic oxidation sites excluding steroid dienone is 2. The summed E-state index contributed by atoms with van der Waals surface area (Å²) in [6.07, 6.45) is 6.37. The van der Waals surface area contributed by atoms with E-state index in [2.05, 4.69) is 6.08 Å². The van der Waals surface area contributed by atoms with Crippen molar-refractivity contribution < 1.29 is 10.0 Å². The van der Waals surface area contributed by atoms with Gasteiger partial charge in [0.05, 0.1) is 0 Å². The Labute approximate surface area is 79.8 Å². The SMILES string of the molecule is C/C=C/CCC(C)(C)CC(=O)NO. The van der Waals surface area contributed by atoms with E-state index in [1.165, 1.54) is 0 Å². The number of amides is 1. The first-order chi connectivity index (χ1) is 6.02. The zero-order chi connectivity index (χ0) is 10.3. The van der Waals surface area contributed by atoms with Gasteiger partial charge in [-0.2, -0.15) is 0 Å². The van der Waals surface area contributed by atoms with Crippen LogP contribution in [-0.2, 0) is 4.79 Å². The third-order valence-electron chi connectivity index (χ3n) is 1.99. The normalized spacial score (nSPS) is 12.0. The lowest BCUT2D eigenvalue weighted by Crippen LogP contribution is -2.26. The van der Waals surface area contributed by atoms with Crippen LogP contribution in [0.1, 0.15) is 40.0 Å². The highest BCUT2D eigenvalue weighted by Gasteiger charge is 2.20. The summed E-state index contributed by atoms with van der Waals surface area (Å²) < 4.78 is 0. The molecule has 0 saturated carbocycles. The minimum absolute atomic E-state index is 0.0493. The molecular formula is C10H19NO2. The molecule has 0 aromatic carbocycles. The smallest absolute Gasteiger partial charge is 0.243 e. The minimum atomic E-state index is -0.314. The van der Waals surface area contributed by atoms with E-state index in [0.29, 0.717) is 6.42 Å². The molecule has 76 valence electrons. The second-order valence-corrected chi connectivity index (χ2v) is 3.98. The maximum absolute atomic E-state index is 10.9. The number of hydroxylamine groups is 1. The average molecular weight is 185 g/mol. The van der Waals surface area contributed by atoms with E-state index in [1.54, 1.807) is 5.48 Å². The molecule has 3 nitrogen and oxygen atoms in total. The van der Waals surface area contributed by atoms with Crippen LogP contribution < -0.4 is 5.48 Å². The van der Waals surface area contributed by atoms with Crippen LogP contribution in [0.15, 0.2) is 12.2 Å². The molecular weight excluding hydrogens is 166 g/mol. The van der Waals surface area contributed by atoms with Crippen LogP contribution in [0.3, 0.4) is 0 Å². The summed E-state index contributed by atoms with van der Waals surface area (Å²) in [6.45, 7) is 6.02. The van der Waals surface area contributed by atoms with Crippen molar-refractivity contribution >= 4 is 5.91 Å². The molecule has 0 aromatic heterocycles. The number of hydrogen-bond donors (Lipinski definition) is 2. The van der Waals surface area contributed by atoms with Gasteiger partial charge in [0, 0.05) is 6.42 Å². The van der Waals surface area contributed by atoms with Crippen molar-refractivity contribution in [3.8, 4) is 0 Å². The Morgan fingerprint density at radius 1 is 1.54 bits per heavy atom. The van der Waals surface area contributed by atoms with Gasteiger partial charge < -0.3 is 0 Å². The van der Waals surface area contributed by atoms with Crippen molar-refractivity contribution in [1.29, 1.82) is 0 Å². The molecule has 0 aromatic rings. The number of carbonyl (C=O) groups excluding carboxylic acids is 1. The number of hydrogen-bond acceptors (Lipinski definition) is 2. The van der Waals surface area contributed by atoms with Gasteiger partial charge in [0.1, 0.15) is 0 Å². The number of carbonyl (C=O) groups is 1. The summed E-state index contributed by atoms with van der Waals surface area (Å²) in [7, 11) is 0. The fourth-order valence-corrected chi connectivity index (χ4v) is 1.20. The molecule has 1 amide bonds. The van der Waals surface area contributed by atoms with Gasteiger partial charge in [-0.05, 0) is 25.2 Å². The molecule has 3 heteroatoms. The number of nitrogens with one attached hydrogen (secondary N) is 1. The van der Waals surface area contributed by atoms with Crippen molar-refractivity contribution in [2.24, 2.45) is 5.41 Å². The van der Waals surface area contributed by atoms with Gasteiger partial charge in [0.2, 0.25) is 5.91 Å². The van der Waals surface area contributed by atoms with Crippen molar-refractivity contribution in [2.75, 3.05) is 0 Å². The molecule has 0 rings (SSSR count). The molecule has 0 heterocycles. The molecule has 13 heavy (non-hydrogen) atoms. The molecule has 2 N–H and O–H groups in total. The van der Waals surface area contributed by atoms with Gasteiger partial charge in [-0.1, -0.05) is 26.0 Å². The molecule has 0 radical (unpaired) electrons. The van der Waals surface area contributed by atoms with Crippen LogP contribution in [-0.4, -0.2) is 11.1 Å². The van der Waals surface area contributed by atoms with Crippen LogP contribution in [0, 0.1) is 5.41 Å². The van der Waals surface area contributed by atoms with Crippen molar-refractivity contribution in [3.05, 3.63) is 12.2 Å². The summed E-state index contributed by atoms with van der Waals surface area (Å²) in [5.74, 6) is -0.314. The highest BCUT2D eigenvalue weighted by Crippen LogP contribution is 2.26. The standard InChI is InChI=1S/C10H19NO2/c1-4-5-6-7-10(2,3)8-9(12)11-13/h4-5,13H,6-8H2,1-3H3,(H,11,12)/b5-4+. The quantitative estimate of drug-likeness (QED) is 0.392. The topological polar surface area (TPSA) is 49.3 Å². The minimum Gasteiger partial charge on any atom is -0.289 e. The Morgan fingerprint density at radius 3 is 2.62 bits per heavy atom. The van der Waals surface area contributed by atoms with Gasteiger partial charge in [0.25, 0.3) is 0 Å². The van der Waals surface area contributed by atoms with Crippen LogP contribution in [0.4, 0.5) is 0 Å². The first-order valence-electron chi connectivity index (χ1n) is 4.56. The Balaban J connectivity index is 3.85. The average Bonchev–Trinajstić information content (AvgIpc) is 2.03. The largest absolute Gasteiger partial charge is 0.289 e. The van der Waals surface area contributed by atoms with Crippen molar-refractivity contribution in [2.45, 2.75) is 40.0 Å². The predicted octanol–water partition coefficient (Wildman–Crippen LogP) is 2.26. The first-order valence-corrected chi connectivity index (χ1v) is 4.56. The lowest BCUT2D eigenvalue weighted by atomic mass is 9.84. The first kappa shape index (κ1) is 12.2. The van der Waals surface area contributed by atoms with Crippen molar-refractivity contribution in [3.63, 3.8) is 0 Å². The molecule has 0 bridgehead atoms. The second-order valence-electron chi connectivity index (χ2n) is 3.98. The maximum Gasteiger partial charge on any atom is 0.243 e. The Hall–Kier alpha value is -0.830. The van der Waals surface area contributed by atoms with Crippen LogP contribution in [0.25, 0.3) is 0 Å². The summed E-state index contributed by atoms with van der Waals surface area (Å²) in [5.41, 5.74) is 1.61. The van der Waals surface area contributed by atoms with E-state index in [-0.39, 0.29) is 11.3 Å². The van der Waals surface area contributed by atoms with E-state index in [4.69, 9.17) is 5.21 Å². The molecule has 0 aliphatic carbocycles. The van der Waals surface area contributed by atoms with E-state index >= 15 is 0 Å². The van der Waals surface area contributed by atoms with E-state index in [1.807, 2.05) is 26.8 Å². The molecule has 0 fully saturated rings.